The van der Waals surface area contributed by atoms with E-state index in [2.05, 4.69) is 33.4 Å². The van der Waals surface area contributed by atoms with Crippen LogP contribution in [0.1, 0.15) is 16.7 Å². The summed E-state index contributed by atoms with van der Waals surface area (Å²) in [5, 5.41) is 3.15. The van der Waals surface area contributed by atoms with E-state index in [-0.39, 0.29) is 5.82 Å². The largest absolute Gasteiger partial charge is 0.378 e. The van der Waals surface area contributed by atoms with Gasteiger partial charge in [0, 0.05) is 11.0 Å². The standard InChI is InChI=1S/C15H15BrFN/c1-10-6-7-12(8-13(10)16)9-18-15-11(2)4-3-5-14(15)17/h3-8,18H,9H2,1-2H3. The lowest BCUT2D eigenvalue weighted by molar-refractivity contribution is 0.629. The van der Waals surface area contributed by atoms with Gasteiger partial charge in [-0.3, -0.25) is 0 Å². The predicted molar refractivity (Wildman–Crippen MR) is 77.3 cm³/mol. The molecule has 0 aliphatic heterocycles. The first kappa shape index (κ1) is 13.1. The third kappa shape index (κ3) is 2.91. The van der Waals surface area contributed by atoms with Crippen LogP contribution in [0, 0.1) is 19.7 Å². The Bertz CT molecular complexity index is 546. The summed E-state index contributed by atoms with van der Waals surface area (Å²) in [5.74, 6) is -0.207. The second kappa shape index (κ2) is 5.53. The van der Waals surface area contributed by atoms with Crippen molar-refractivity contribution < 1.29 is 4.39 Å². The molecule has 0 aliphatic rings. The summed E-state index contributed by atoms with van der Waals surface area (Å²) in [6, 6.07) is 11.2. The van der Waals surface area contributed by atoms with Crippen LogP contribution in [0.25, 0.3) is 0 Å². The lowest BCUT2D eigenvalue weighted by Crippen LogP contribution is -2.03. The second-order valence-corrected chi connectivity index (χ2v) is 5.22. The molecule has 1 nitrogen and oxygen atoms in total. The Morgan fingerprint density at radius 2 is 1.89 bits per heavy atom. The van der Waals surface area contributed by atoms with Crippen molar-refractivity contribution in [2.75, 3.05) is 5.32 Å². The number of hydrogen-bond acceptors (Lipinski definition) is 1. The Morgan fingerprint density at radius 1 is 1.11 bits per heavy atom. The first-order valence-corrected chi connectivity index (χ1v) is 6.61. The van der Waals surface area contributed by atoms with Crippen molar-refractivity contribution >= 4 is 21.6 Å². The van der Waals surface area contributed by atoms with Gasteiger partial charge in [-0.15, -0.1) is 0 Å². The highest BCUT2D eigenvalue weighted by Gasteiger charge is 2.05. The zero-order valence-electron chi connectivity index (χ0n) is 10.4. The molecule has 2 aromatic carbocycles. The van der Waals surface area contributed by atoms with Crippen LogP contribution in [0.3, 0.4) is 0 Å². The zero-order valence-corrected chi connectivity index (χ0v) is 12.0. The zero-order chi connectivity index (χ0) is 13.1. The van der Waals surface area contributed by atoms with E-state index < -0.39 is 0 Å². The van der Waals surface area contributed by atoms with Crippen molar-refractivity contribution in [2.45, 2.75) is 20.4 Å². The quantitative estimate of drug-likeness (QED) is 0.857. The minimum absolute atomic E-state index is 0.207. The van der Waals surface area contributed by atoms with E-state index >= 15 is 0 Å². The van der Waals surface area contributed by atoms with E-state index in [4.69, 9.17) is 0 Å². The van der Waals surface area contributed by atoms with Gasteiger partial charge >= 0.3 is 0 Å². The molecular weight excluding hydrogens is 293 g/mol. The summed E-state index contributed by atoms with van der Waals surface area (Å²) in [4.78, 5) is 0. The van der Waals surface area contributed by atoms with Crippen molar-refractivity contribution in [3.63, 3.8) is 0 Å². The summed E-state index contributed by atoms with van der Waals surface area (Å²) in [6.45, 7) is 4.55. The summed E-state index contributed by atoms with van der Waals surface area (Å²) in [5.41, 5.74) is 3.81. The van der Waals surface area contributed by atoms with Crippen molar-refractivity contribution in [2.24, 2.45) is 0 Å². The molecule has 2 aromatic rings. The van der Waals surface area contributed by atoms with E-state index in [0.29, 0.717) is 12.2 Å². The Hall–Kier alpha value is -1.35. The molecule has 2 rings (SSSR count). The number of para-hydroxylation sites is 1. The van der Waals surface area contributed by atoms with E-state index in [1.165, 1.54) is 11.6 Å². The molecule has 0 unspecified atom stereocenters. The highest BCUT2D eigenvalue weighted by atomic mass is 79.9. The van der Waals surface area contributed by atoms with Crippen LogP contribution in [0.5, 0.6) is 0 Å². The fourth-order valence-corrected chi connectivity index (χ4v) is 2.22. The van der Waals surface area contributed by atoms with Gasteiger partial charge in [-0.2, -0.15) is 0 Å². The molecule has 94 valence electrons. The van der Waals surface area contributed by atoms with Gasteiger partial charge in [0.2, 0.25) is 0 Å². The number of nitrogens with one attached hydrogen (secondary N) is 1. The second-order valence-electron chi connectivity index (χ2n) is 4.37. The van der Waals surface area contributed by atoms with Crippen molar-refractivity contribution in [3.05, 3.63) is 63.4 Å². The molecule has 0 radical (unpaired) electrons. The van der Waals surface area contributed by atoms with Crippen molar-refractivity contribution in [3.8, 4) is 0 Å². The Kier molecular flexibility index (Phi) is 4.02. The SMILES string of the molecule is Cc1ccc(CNc2c(C)cccc2F)cc1Br. The third-order valence-electron chi connectivity index (χ3n) is 2.93. The average molecular weight is 308 g/mol. The van der Waals surface area contributed by atoms with Crippen LogP contribution in [-0.4, -0.2) is 0 Å². The molecule has 0 aliphatic carbocycles. The number of aryl methyl sites for hydroxylation is 2. The lowest BCUT2D eigenvalue weighted by Gasteiger charge is -2.11. The molecule has 0 amide bonds. The maximum atomic E-state index is 13.6. The molecule has 0 heterocycles. The van der Waals surface area contributed by atoms with E-state index in [0.717, 1.165) is 15.6 Å². The molecular formula is C15H15BrFN. The normalized spacial score (nSPS) is 10.4. The van der Waals surface area contributed by atoms with Gasteiger partial charge in [0.1, 0.15) is 5.82 Å². The first-order chi connectivity index (χ1) is 8.58. The minimum Gasteiger partial charge on any atom is -0.378 e. The monoisotopic (exact) mass is 307 g/mol. The van der Waals surface area contributed by atoms with Crippen molar-refractivity contribution in [1.82, 2.24) is 0 Å². The van der Waals surface area contributed by atoms with Crippen LogP contribution in [-0.2, 0) is 6.54 Å². The molecule has 0 saturated carbocycles. The van der Waals surface area contributed by atoms with Crippen LogP contribution in [0.2, 0.25) is 0 Å². The predicted octanol–water partition coefficient (Wildman–Crippen LogP) is 4.82. The van der Waals surface area contributed by atoms with E-state index in [9.17, 15) is 4.39 Å². The Labute approximate surface area is 115 Å². The van der Waals surface area contributed by atoms with E-state index in [1.54, 1.807) is 6.07 Å². The number of anilines is 1. The molecule has 0 aromatic heterocycles. The van der Waals surface area contributed by atoms with Gasteiger partial charge in [0.15, 0.2) is 0 Å². The summed E-state index contributed by atoms with van der Waals surface area (Å²) < 4.78 is 14.7. The van der Waals surface area contributed by atoms with Gasteiger partial charge in [-0.1, -0.05) is 40.2 Å². The topological polar surface area (TPSA) is 12.0 Å². The summed E-state index contributed by atoms with van der Waals surface area (Å²) >= 11 is 3.50. The Balaban J connectivity index is 2.14. The molecule has 0 spiro atoms. The molecule has 0 bridgehead atoms. The number of rotatable bonds is 3. The first-order valence-electron chi connectivity index (χ1n) is 5.82. The maximum absolute atomic E-state index is 13.6. The van der Waals surface area contributed by atoms with Crippen LogP contribution < -0.4 is 5.32 Å². The lowest BCUT2D eigenvalue weighted by atomic mass is 10.1. The van der Waals surface area contributed by atoms with Gasteiger partial charge in [0.25, 0.3) is 0 Å². The van der Waals surface area contributed by atoms with Crippen LogP contribution >= 0.6 is 15.9 Å². The number of halogens is 2. The van der Waals surface area contributed by atoms with Gasteiger partial charge in [-0.25, -0.2) is 4.39 Å². The molecule has 18 heavy (non-hydrogen) atoms. The summed E-state index contributed by atoms with van der Waals surface area (Å²) in [7, 11) is 0. The fourth-order valence-electron chi connectivity index (χ4n) is 1.79. The summed E-state index contributed by atoms with van der Waals surface area (Å²) in [6.07, 6.45) is 0. The fraction of sp³-hybridized carbons (Fsp3) is 0.200. The number of benzene rings is 2. The smallest absolute Gasteiger partial charge is 0.146 e. The average Bonchev–Trinajstić information content (AvgIpc) is 2.33. The molecule has 3 heteroatoms. The highest BCUT2D eigenvalue weighted by Crippen LogP contribution is 2.21. The molecule has 0 fully saturated rings. The van der Waals surface area contributed by atoms with Crippen LogP contribution in [0.15, 0.2) is 40.9 Å². The molecule has 1 N–H and O–H groups in total. The molecule has 0 atom stereocenters. The maximum Gasteiger partial charge on any atom is 0.146 e. The van der Waals surface area contributed by atoms with E-state index in [1.807, 2.05) is 26.0 Å². The van der Waals surface area contributed by atoms with Crippen molar-refractivity contribution in [1.29, 1.82) is 0 Å². The minimum atomic E-state index is -0.207. The molecule has 0 saturated heterocycles. The Morgan fingerprint density at radius 3 is 2.56 bits per heavy atom. The van der Waals surface area contributed by atoms with Gasteiger partial charge in [-0.05, 0) is 42.7 Å². The van der Waals surface area contributed by atoms with Gasteiger partial charge in [0.05, 0.1) is 5.69 Å². The number of hydrogen-bond donors (Lipinski definition) is 1. The third-order valence-corrected chi connectivity index (χ3v) is 3.78. The van der Waals surface area contributed by atoms with Gasteiger partial charge < -0.3 is 5.32 Å². The highest BCUT2D eigenvalue weighted by molar-refractivity contribution is 9.10. The van der Waals surface area contributed by atoms with Crippen LogP contribution in [0.4, 0.5) is 10.1 Å².